The van der Waals surface area contributed by atoms with E-state index in [0.717, 1.165) is 33.7 Å². The van der Waals surface area contributed by atoms with Gasteiger partial charge in [-0.2, -0.15) is 0 Å². The van der Waals surface area contributed by atoms with Crippen molar-refractivity contribution >= 4 is 23.1 Å². The maximum atomic E-state index is 11.0. The van der Waals surface area contributed by atoms with Crippen LogP contribution in [-0.4, -0.2) is 22.2 Å². The second kappa shape index (κ2) is 7.97. The van der Waals surface area contributed by atoms with Crippen LogP contribution in [0.5, 0.6) is 0 Å². The van der Waals surface area contributed by atoms with Gasteiger partial charge in [0.2, 0.25) is 0 Å². The molecule has 2 aromatic carbocycles. The van der Waals surface area contributed by atoms with Crippen LogP contribution in [0.15, 0.2) is 96.6 Å². The van der Waals surface area contributed by atoms with E-state index in [-0.39, 0.29) is 11.1 Å². The van der Waals surface area contributed by atoms with Gasteiger partial charge in [0.1, 0.15) is 0 Å². The van der Waals surface area contributed by atoms with Crippen molar-refractivity contribution in [2.75, 3.05) is 0 Å². The van der Waals surface area contributed by atoms with Gasteiger partial charge in [-0.1, -0.05) is 36.4 Å². The summed E-state index contributed by atoms with van der Waals surface area (Å²) in [6.07, 6.45) is 11.6. The first kappa shape index (κ1) is 19.0. The Kier molecular flexibility index (Phi) is 5.05. The number of dihydropyridines is 2. The summed E-state index contributed by atoms with van der Waals surface area (Å²) in [6.45, 7) is 0. The van der Waals surface area contributed by atoms with E-state index in [0.29, 0.717) is 0 Å². The molecule has 4 N–H and O–H groups in total. The Hall–Kier alpha value is -4.32. The highest BCUT2D eigenvalue weighted by Gasteiger charge is 2.11. The van der Waals surface area contributed by atoms with Gasteiger partial charge < -0.3 is 20.8 Å². The van der Waals surface area contributed by atoms with E-state index in [1.165, 1.54) is 0 Å². The largest absolute Gasteiger partial charge is 0.478 e. The van der Waals surface area contributed by atoms with E-state index in [9.17, 15) is 9.59 Å². The number of carbonyl (C=O) groups is 2. The Morgan fingerprint density at radius 1 is 0.567 bits per heavy atom. The minimum Gasteiger partial charge on any atom is -0.478 e. The molecule has 0 atom stereocenters. The number of carboxylic acids is 2. The molecule has 0 unspecified atom stereocenters. The molecule has 0 radical (unpaired) electrons. The number of hydrogen-bond acceptors (Lipinski definition) is 4. The second-order valence-corrected chi connectivity index (χ2v) is 6.75. The third-order valence-electron chi connectivity index (χ3n) is 4.85. The Balaban J connectivity index is 1.45. The van der Waals surface area contributed by atoms with Gasteiger partial charge in [-0.3, -0.25) is 0 Å². The van der Waals surface area contributed by atoms with Crippen molar-refractivity contribution in [2.45, 2.75) is 0 Å². The summed E-state index contributed by atoms with van der Waals surface area (Å²) >= 11 is 0. The van der Waals surface area contributed by atoms with Crippen molar-refractivity contribution in [3.8, 4) is 0 Å². The van der Waals surface area contributed by atoms with Crippen LogP contribution >= 0.6 is 0 Å². The molecule has 2 aliphatic heterocycles. The van der Waals surface area contributed by atoms with Crippen LogP contribution in [0, 0.1) is 0 Å². The Labute approximate surface area is 172 Å². The van der Waals surface area contributed by atoms with Crippen molar-refractivity contribution in [1.29, 1.82) is 0 Å². The molecule has 0 saturated carbocycles. The molecule has 0 fully saturated rings. The normalized spacial score (nSPS) is 17.5. The van der Waals surface area contributed by atoms with Crippen LogP contribution in [0.1, 0.15) is 31.8 Å². The molecule has 0 amide bonds. The Bertz CT molecular complexity index is 1070. The average molecular weight is 398 g/mol. The van der Waals surface area contributed by atoms with Crippen molar-refractivity contribution in [2.24, 2.45) is 0 Å². The molecule has 0 aliphatic carbocycles. The predicted octanol–water partition coefficient (Wildman–Crippen LogP) is 4.00. The first-order valence-electron chi connectivity index (χ1n) is 9.22. The summed E-state index contributed by atoms with van der Waals surface area (Å²) in [5, 5.41) is 24.5. The first-order valence-corrected chi connectivity index (χ1v) is 9.22. The van der Waals surface area contributed by atoms with Crippen LogP contribution < -0.4 is 10.6 Å². The molecular formula is C24H18N2O4. The lowest BCUT2D eigenvalue weighted by Crippen LogP contribution is -2.17. The van der Waals surface area contributed by atoms with Crippen molar-refractivity contribution in [1.82, 2.24) is 10.6 Å². The van der Waals surface area contributed by atoms with Gasteiger partial charge in [0.15, 0.2) is 0 Å². The standard InChI is InChI=1S/C24H18N2O4/c27-23(28)17-5-1-15(2-6-17)19-9-11-21(25-13-19)22-12-10-20(14-26-22)16-3-7-18(8-4-16)24(29)30/h1-14,25-26H,(H,27,28)(H,29,30). The summed E-state index contributed by atoms with van der Waals surface area (Å²) in [6, 6.07) is 13.5. The third kappa shape index (κ3) is 3.93. The van der Waals surface area contributed by atoms with E-state index >= 15 is 0 Å². The lowest BCUT2D eigenvalue weighted by molar-refractivity contribution is 0.0686. The topological polar surface area (TPSA) is 98.7 Å². The van der Waals surface area contributed by atoms with Gasteiger partial charge in [0.05, 0.1) is 22.5 Å². The van der Waals surface area contributed by atoms with E-state index in [1.807, 2.05) is 36.7 Å². The summed E-state index contributed by atoms with van der Waals surface area (Å²) in [7, 11) is 0. The number of rotatable bonds is 4. The van der Waals surface area contributed by atoms with Crippen LogP contribution in [0.4, 0.5) is 0 Å². The summed E-state index contributed by atoms with van der Waals surface area (Å²) in [5.41, 5.74) is 6.05. The molecule has 6 heteroatoms. The smallest absolute Gasteiger partial charge is 0.335 e. The van der Waals surface area contributed by atoms with E-state index in [2.05, 4.69) is 10.6 Å². The monoisotopic (exact) mass is 398 g/mol. The molecule has 2 aliphatic rings. The fourth-order valence-corrected chi connectivity index (χ4v) is 3.15. The third-order valence-corrected chi connectivity index (χ3v) is 4.85. The highest BCUT2D eigenvalue weighted by Crippen LogP contribution is 2.24. The Morgan fingerprint density at radius 2 is 0.933 bits per heavy atom. The molecule has 4 rings (SSSR count). The zero-order valence-corrected chi connectivity index (χ0v) is 15.8. The molecule has 0 saturated heterocycles. The average Bonchev–Trinajstić information content (AvgIpc) is 2.79. The minimum absolute atomic E-state index is 0.256. The van der Waals surface area contributed by atoms with Crippen LogP contribution in [0.3, 0.4) is 0 Å². The Morgan fingerprint density at radius 3 is 1.20 bits per heavy atom. The van der Waals surface area contributed by atoms with Gasteiger partial charge >= 0.3 is 11.9 Å². The molecule has 2 aromatic rings. The van der Waals surface area contributed by atoms with Gasteiger partial charge in [0.25, 0.3) is 0 Å². The first-order chi connectivity index (χ1) is 14.5. The SMILES string of the molecule is O=C(O)c1ccc(C2=CNC(=C3C=CC(c4ccc(C(=O)O)cc4)=CN3)C=C2)cc1. The lowest BCUT2D eigenvalue weighted by atomic mass is 10.0. The van der Waals surface area contributed by atoms with Gasteiger partial charge in [0, 0.05) is 12.4 Å². The predicted molar refractivity (Wildman–Crippen MR) is 114 cm³/mol. The van der Waals surface area contributed by atoms with Crippen LogP contribution in [-0.2, 0) is 0 Å². The van der Waals surface area contributed by atoms with E-state index in [4.69, 9.17) is 10.2 Å². The van der Waals surface area contributed by atoms with E-state index < -0.39 is 11.9 Å². The maximum Gasteiger partial charge on any atom is 0.335 e. The zero-order valence-electron chi connectivity index (χ0n) is 15.8. The number of carboxylic acid groups (broad SMARTS) is 2. The van der Waals surface area contributed by atoms with E-state index in [1.54, 1.807) is 48.5 Å². The molecule has 6 nitrogen and oxygen atoms in total. The van der Waals surface area contributed by atoms with Gasteiger partial charge in [-0.05, 0) is 58.7 Å². The fourth-order valence-electron chi connectivity index (χ4n) is 3.15. The van der Waals surface area contributed by atoms with Crippen LogP contribution in [0.2, 0.25) is 0 Å². The van der Waals surface area contributed by atoms with Gasteiger partial charge in [-0.15, -0.1) is 0 Å². The molecule has 0 aromatic heterocycles. The number of hydrogen-bond donors (Lipinski definition) is 4. The number of aromatic carboxylic acids is 2. The quantitative estimate of drug-likeness (QED) is 0.622. The highest BCUT2D eigenvalue weighted by molar-refractivity contribution is 5.89. The van der Waals surface area contributed by atoms with Crippen molar-refractivity contribution < 1.29 is 19.8 Å². The molecular weight excluding hydrogens is 380 g/mol. The molecule has 0 bridgehead atoms. The second-order valence-electron chi connectivity index (χ2n) is 6.75. The molecule has 30 heavy (non-hydrogen) atoms. The minimum atomic E-state index is -0.944. The molecule has 0 spiro atoms. The number of nitrogens with one attached hydrogen (secondary N) is 2. The summed E-state index contributed by atoms with van der Waals surface area (Å²) in [4.78, 5) is 21.9. The highest BCUT2D eigenvalue weighted by atomic mass is 16.4. The lowest BCUT2D eigenvalue weighted by Gasteiger charge is -2.18. The maximum absolute atomic E-state index is 11.0. The molecule has 148 valence electrons. The summed E-state index contributed by atoms with van der Waals surface area (Å²) < 4.78 is 0. The van der Waals surface area contributed by atoms with Gasteiger partial charge in [-0.25, -0.2) is 9.59 Å². The van der Waals surface area contributed by atoms with Crippen LogP contribution in [0.25, 0.3) is 11.1 Å². The number of allylic oxidation sites excluding steroid dienone is 6. The summed E-state index contributed by atoms with van der Waals surface area (Å²) in [5.74, 6) is -1.89. The van der Waals surface area contributed by atoms with Crippen molar-refractivity contribution in [3.63, 3.8) is 0 Å². The number of benzene rings is 2. The van der Waals surface area contributed by atoms with Crippen molar-refractivity contribution in [3.05, 3.63) is 119 Å². The fraction of sp³-hybridized carbons (Fsp3) is 0. The zero-order chi connectivity index (χ0) is 21.1. The molecule has 2 heterocycles.